The Bertz CT molecular complexity index is 1230. The van der Waals surface area contributed by atoms with Crippen molar-refractivity contribution in [2.45, 2.75) is 32.1 Å². The molecule has 142 valence electrons. The number of cyclic esters (lactones) is 1. The molecule has 2 aromatic heterocycles. The zero-order valence-electron chi connectivity index (χ0n) is 15.6. The second kappa shape index (κ2) is 5.65. The molecule has 7 nitrogen and oxygen atoms in total. The SMILES string of the molecule is CCC1(O)C(=O)OCc2c1cc1n(c2=O)Cc2cc3c(NC)cccc3nc2-1. The molecule has 0 aliphatic carbocycles. The largest absolute Gasteiger partial charge is 0.458 e. The molecule has 0 fully saturated rings. The van der Waals surface area contributed by atoms with E-state index in [1.807, 2.05) is 31.3 Å². The first kappa shape index (κ1) is 16.9. The molecule has 2 N–H and O–H groups in total. The van der Waals surface area contributed by atoms with Crippen molar-refractivity contribution in [1.29, 1.82) is 0 Å². The number of esters is 1. The summed E-state index contributed by atoms with van der Waals surface area (Å²) in [4.78, 5) is 30.1. The van der Waals surface area contributed by atoms with Crippen molar-refractivity contribution in [2.24, 2.45) is 0 Å². The molecule has 1 atom stereocenters. The van der Waals surface area contributed by atoms with Crippen LogP contribution in [0.2, 0.25) is 0 Å². The van der Waals surface area contributed by atoms with Crippen molar-refractivity contribution in [3.63, 3.8) is 0 Å². The minimum Gasteiger partial charge on any atom is -0.458 e. The lowest BCUT2D eigenvalue weighted by molar-refractivity contribution is -0.172. The van der Waals surface area contributed by atoms with Crippen molar-refractivity contribution in [2.75, 3.05) is 12.4 Å². The number of benzene rings is 1. The molecular formula is C21H19N3O4. The van der Waals surface area contributed by atoms with Crippen molar-refractivity contribution in [3.05, 3.63) is 57.4 Å². The maximum absolute atomic E-state index is 13.1. The Morgan fingerprint density at radius 1 is 1.32 bits per heavy atom. The minimum atomic E-state index is -1.80. The second-order valence-corrected chi connectivity index (χ2v) is 7.22. The molecule has 1 unspecified atom stereocenters. The summed E-state index contributed by atoms with van der Waals surface area (Å²) in [6.07, 6.45) is 0.130. The Morgan fingerprint density at radius 3 is 2.89 bits per heavy atom. The van der Waals surface area contributed by atoms with Gasteiger partial charge in [0.2, 0.25) is 0 Å². The summed E-state index contributed by atoms with van der Waals surface area (Å²) in [6.45, 7) is 1.97. The van der Waals surface area contributed by atoms with Gasteiger partial charge < -0.3 is 19.7 Å². The molecule has 0 amide bonds. The van der Waals surface area contributed by atoms with E-state index in [4.69, 9.17) is 9.72 Å². The Hall–Kier alpha value is -3.19. The van der Waals surface area contributed by atoms with Crippen LogP contribution in [0.15, 0.2) is 35.1 Å². The zero-order valence-corrected chi connectivity index (χ0v) is 15.6. The Balaban J connectivity index is 1.79. The van der Waals surface area contributed by atoms with Crippen LogP contribution in [-0.4, -0.2) is 27.7 Å². The van der Waals surface area contributed by atoms with Crippen molar-refractivity contribution in [1.82, 2.24) is 9.55 Å². The number of rotatable bonds is 2. The van der Waals surface area contributed by atoms with Crippen LogP contribution in [-0.2, 0) is 28.3 Å². The van der Waals surface area contributed by atoms with Gasteiger partial charge in [0.05, 0.1) is 29.0 Å². The first-order valence-corrected chi connectivity index (χ1v) is 9.25. The van der Waals surface area contributed by atoms with Gasteiger partial charge in [-0.05, 0) is 30.7 Å². The fourth-order valence-corrected chi connectivity index (χ4v) is 4.22. The van der Waals surface area contributed by atoms with Crippen molar-refractivity contribution < 1.29 is 14.6 Å². The highest BCUT2D eigenvalue weighted by molar-refractivity contribution is 5.94. The van der Waals surface area contributed by atoms with Crippen LogP contribution < -0.4 is 10.9 Å². The van der Waals surface area contributed by atoms with Gasteiger partial charge in [-0.2, -0.15) is 0 Å². The highest BCUT2D eigenvalue weighted by atomic mass is 16.6. The number of aromatic nitrogens is 2. The number of hydrogen-bond donors (Lipinski definition) is 2. The van der Waals surface area contributed by atoms with E-state index in [1.165, 1.54) is 0 Å². The van der Waals surface area contributed by atoms with E-state index in [1.54, 1.807) is 17.6 Å². The van der Waals surface area contributed by atoms with Gasteiger partial charge in [0.1, 0.15) is 6.61 Å². The Kier molecular flexibility index (Phi) is 3.42. The molecule has 0 spiro atoms. The molecule has 28 heavy (non-hydrogen) atoms. The zero-order chi connectivity index (χ0) is 19.6. The van der Waals surface area contributed by atoms with Crippen LogP contribution in [0.5, 0.6) is 0 Å². The molecule has 2 aliphatic rings. The summed E-state index contributed by atoms with van der Waals surface area (Å²) in [5.41, 5.74) is 2.66. The number of ether oxygens (including phenoxy) is 1. The van der Waals surface area contributed by atoms with Crippen LogP contribution in [0.4, 0.5) is 5.69 Å². The normalized spacial score (nSPS) is 19.8. The van der Waals surface area contributed by atoms with E-state index in [0.717, 1.165) is 22.2 Å². The fourth-order valence-electron chi connectivity index (χ4n) is 4.22. The molecule has 5 rings (SSSR count). The predicted molar refractivity (Wildman–Crippen MR) is 104 cm³/mol. The van der Waals surface area contributed by atoms with Crippen molar-refractivity contribution in [3.8, 4) is 11.4 Å². The number of fused-ring (bicyclic) bond motifs is 5. The van der Waals surface area contributed by atoms with Crippen LogP contribution >= 0.6 is 0 Å². The molecule has 0 saturated carbocycles. The lowest BCUT2D eigenvalue weighted by Gasteiger charge is -2.31. The molecule has 0 bridgehead atoms. The lowest BCUT2D eigenvalue weighted by atomic mass is 9.86. The second-order valence-electron chi connectivity index (χ2n) is 7.22. The average molecular weight is 377 g/mol. The van der Waals surface area contributed by atoms with Gasteiger partial charge in [-0.15, -0.1) is 0 Å². The molecule has 1 aromatic carbocycles. The third kappa shape index (κ3) is 2.05. The first-order chi connectivity index (χ1) is 13.5. The average Bonchev–Trinajstić information content (AvgIpc) is 3.07. The number of pyridine rings is 2. The monoisotopic (exact) mass is 377 g/mol. The van der Waals surface area contributed by atoms with Gasteiger partial charge in [0.15, 0.2) is 5.60 Å². The van der Waals surface area contributed by atoms with E-state index in [2.05, 4.69) is 5.32 Å². The number of carbonyl (C=O) groups excluding carboxylic acids is 1. The molecule has 2 aliphatic heterocycles. The quantitative estimate of drug-likeness (QED) is 0.520. The fraction of sp³-hybridized carbons (Fsp3) is 0.286. The maximum Gasteiger partial charge on any atom is 0.343 e. The summed E-state index contributed by atoms with van der Waals surface area (Å²) in [7, 11) is 1.86. The topological polar surface area (TPSA) is 93.5 Å². The third-order valence-electron chi connectivity index (χ3n) is 5.82. The molecule has 3 aromatic rings. The number of aliphatic hydroxyl groups is 1. The van der Waals surface area contributed by atoms with Crippen LogP contribution in [0, 0.1) is 0 Å². The van der Waals surface area contributed by atoms with E-state index < -0.39 is 11.6 Å². The highest BCUT2D eigenvalue weighted by Gasteiger charge is 2.45. The van der Waals surface area contributed by atoms with Gasteiger partial charge in [0.25, 0.3) is 5.56 Å². The van der Waals surface area contributed by atoms with Crippen LogP contribution in [0.1, 0.15) is 30.0 Å². The standard InChI is InChI=1S/C21H19N3O4/c1-3-21(27)14-8-17-18-11(7-12-15(22-2)5-4-6-16(12)23-18)9-24(17)19(25)13(14)10-28-20(21)26/h4-8,22,27H,3,9-10H2,1-2H3. The molecule has 0 saturated heterocycles. The van der Waals surface area contributed by atoms with Gasteiger partial charge in [-0.1, -0.05) is 13.0 Å². The summed E-state index contributed by atoms with van der Waals surface area (Å²) in [5.74, 6) is -0.713. The van der Waals surface area contributed by atoms with Gasteiger partial charge >= 0.3 is 5.97 Å². The summed E-state index contributed by atoms with van der Waals surface area (Å²) in [6, 6.07) is 9.60. The Morgan fingerprint density at radius 2 is 2.14 bits per heavy atom. The van der Waals surface area contributed by atoms with E-state index >= 15 is 0 Å². The van der Waals surface area contributed by atoms with Gasteiger partial charge in [-0.25, -0.2) is 9.78 Å². The number of carbonyl (C=O) groups is 1. The van der Waals surface area contributed by atoms with Gasteiger partial charge in [0, 0.05) is 29.2 Å². The van der Waals surface area contributed by atoms with E-state index in [0.29, 0.717) is 29.1 Å². The molecule has 0 radical (unpaired) electrons. The number of anilines is 1. The number of nitrogens with zero attached hydrogens (tertiary/aromatic N) is 2. The minimum absolute atomic E-state index is 0.120. The maximum atomic E-state index is 13.1. The van der Waals surface area contributed by atoms with Crippen LogP contribution in [0.25, 0.3) is 22.3 Å². The number of nitrogens with one attached hydrogen (secondary N) is 1. The summed E-state index contributed by atoms with van der Waals surface area (Å²) in [5, 5.41) is 15.0. The molecular weight excluding hydrogens is 358 g/mol. The smallest absolute Gasteiger partial charge is 0.343 e. The number of hydrogen-bond acceptors (Lipinski definition) is 6. The third-order valence-corrected chi connectivity index (χ3v) is 5.82. The van der Waals surface area contributed by atoms with Gasteiger partial charge in [-0.3, -0.25) is 4.79 Å². The van der Waals surface area contributed by atoms with Crippen molar-refractivity contribution >= 4 is 22.6 Å². The predicted octanol–water partition coefficient (Wildman–Crippen LogP) is 2.12. The van der Waals surface area contributed by atoms with Crippen LogP contribution in [0.3, 0.4) is 0 Å². The van der Waals surface area contributed by atoms with E-state index in [-0.39, 0.29) is 18.6 Å². The summed E-state index contributed by atoms with van der Waals surface area (Å²) >= 11 is 0. The molecule has 4 heterocycles. The Labute approximate surface area is 160 Å². The molecule has 7 heteroatoms. The summed E-state index contributed by atoms with van der Waals surface area (Å²) < 4.78 is 6.74. The lowest BCUT2D eigenvalue weighted by Crippen LogP contribution is -2.44. The highest BCUT2D eigenvalue weighted by Crippen LogP contribution is 2.39. The van der Waals surface area contributed by atoms with E-state index in [9.17, 15) is 14.7 Å². The first-order valence-electron chi connectivity index (χ1n) is 9.25.